The summed E-state index contributed by atoms with van der Waals surface area (Å²) in [6.07, 6.45) is 2.65. The van der Waals surface area contributed by atoms with Crippen LogP contribution in [0.4, 0.5) is 4.39 Å². The monoisotopic (exact) mass is 276 g/mol. The van der Waals surface area contributed by atoms with E-state index in [1.54, 1.807) is 0 Å². The second-order valence-electron chi connectivity index (χ2n) is 2.45. The summed E-state index contributed by atoms with van der Waals surface area (Å²) in [6.45, 7) is 0. The van der Waals surface area contributed by atoms with Gasteiger partial charge in [-0.1, -0.05) is 11.6 Å². The van der Waals surface area contributed by atoms with Gasteiger partial charge in [0, 0.05) is 6.07 Å². The topological polar surface area (TPSA) is 43.6 Å². The van der Waals surface area contributed by atoms with Gasteiger partial charge in [0.15, 0.2) is 15.6 Å². The van der Waals surface area contributed by atoms with Crippen molar-refractivity contribution >= 4 is 27.5 Å². The number of hydrogen-bond acceptors (Lipinski definition) is 3. The summed E-state index contributed by atoms with van der Waals surface area (Å²) in [5.74, 6) is -0.446. The van der Waals surface area contributed by atoms with Gasteiger partial charge in [-0.3, -0.25) is 0 Å². The van der Waals surface area contributed by atoms with Crippen molar-refractivity contribution in [3.05, 3.63) is 34.0 Å². The fourth-order valence-electron chi connectivity index (χ4n) is 0.921. The van der Waals surface area contributed by atoms with Crippen LogP contribution >= 0.6 is 27.5 Å². The van der Waals surface area contributed by atoms with Crippen LogP contribution in [0.2, 0.25) is 5.15 Å². The maximum Gasteiger partial charge on any atom is 0.176 e. The Kier molecular flexibility index (Phi) is 2.47. The van der Waals surface area contributed by atoms with Crippen molar-refractivity contribution in [2.24, 2.45) is 0 Å². The minimum atomic E-state index is -0.446. The number of halogens is 3. The highest BCUT2D eigenvalue weighted by molar-refractivity contribution is 9.10. The van der Waals surface area contributed by atoms with Gasteiger partial charge < -0.3 is 0 Å². The molecule has 0 saturated carbocycles. The predicted molar refractivity (Wildman–Crippen MR) is 51.8 cm³/mol. The van der Waals surface area contributed by atoms with E-state index in [9.17, 15) is 4.39 Å². The lowest BCUT2D eigenvalue weighted by Gasteiger charge is -1.98. The lowest BCUT2D eigenvalue weighted by molar-refractivity contribution is 0.621. The molecule has 0 amide bonds. The molecule has 0 bridgehead atoms. The first kappa shape index (κ1) is 9.54. The van der Waals surface area contributed by atoms with Crippen molar-refractivity contribution in [1.29, 1.82) is 0 Å². The number of hydrogen-bond donors (Lipinski definition) is 0. The molecular weight excluding hydrogens is 274 g/mol. The van der Waals surface area contributed by atoms with Crippen LogP contribution in [0.3, 0.4) is 0 Å². The molecule has 0 aliphatic heterocycles. The smallest absolute Gasteiger partial charge is 0.176 e. The van der Waals surface area contributed by atoms with Crippen LogP contribution in [-0.2, 0) is 0 Å². The van der Waals surface area contributed by atoms with E-state index in [2.05, 4.69) is 31.2 Å². The van der Waals surface area contributed by atoms with Gasteiger partial charge in [-0.25, -0.2) is 9.07 Å². The summed E-state index contributed by atoms with van der Waals surface area (Å²) < 4.78 is 14.4. The Bertz CT molecular complexity index is 453. The normalized spacial score (nSPS) is 10.5. The molecule has 0 aliphatic rings. The first-order valence-corrected chi connectivity index (χ1v) is 4.73. The third-order valence-electron chi connectivity index (χ3n) is 1.50. The quantitative estimate of drug-likeness (QED) is 0.803. The van der Waals surface area contributed by atoms with Gasteiger partial charge in [-0.15, -0.1) is 5.10 Å². The molecule has 2 aromatic rings. The molecule has 0 radical (unpaired) electrons. The molecule has 2 heterocycles. The van der Waals surface area contributed by atoms with Crippen molar-refractivity contribution < 1.29 is 4.39 Å². The van der Waals surface area contributed by atoms with Crippen LogP contribution in [0.1, 0.15) is 0 Å². The predicted octanol–water partition coefficient (Wildman–Crippen LogP) is 2.22. The molecule has 0 fully saturated rings. The Balaban J connectivity index is 2.49. The van der Waals surface area contributed by atoms with Crippen LogP contribution in [0.25, 0.3) is 5.69 Å². The first-order chi connectivity index (χ1) is 6.66. The molecule has 0 saturated heterocycles. The molecule has 7 heteroatoms. The summed E-state index contributed by atoms with van der Waals surface area (Å²) in [6, 6.07) is 1.54. The van der Waals surface area contributed by atoms with E-state index >= 15 is 0 Å². The lowest BCUT2D eigenvalue weighted by atomic mass is 10.5. The van der Waals surface area contributed by atoms with Crippen LogP contribution in [0, 0.1) is 5.82 Å². The fraction of sp³-hybridized carbons (Fsp3) is 0. The SMILES string of the molecule is Fc1cn(-c2cnnc(Cl)c2)nc1Br. The maximum atomic E-state index is 12.9. The van der Waals surface area contributed by atoms with Crippen molar-refractivity contribution in [3.63, 3.8) is 0 Å². The Hall–Kier alpha value is -1.01. The van der Waals surface area contributed by atoms with Gasteiger partial charge in [0.05, 0.1) is 18.1 Å². The van der Waals surface area contributed by atoms with Gasteiger partial charge in [0.25, 0.3) is 0 Å². The Morgan fingerprint density at radius 1 is 1.50 bits per heavy atom. The van der Waals surface area contributed by atoms with Crippen molar-refractivity contribution in [3.8, 4) is 5.69 Å². The summed E-state index contributed by atoms with van der Waals surface area (Å²) in [5, 5.41) is 11.3. The highest BCUT2D eigenvalue weighted by atomic mass is 79.9. The first-order valence-electron chi connectivity index (χ1n) is 3.56. The molecule has 0 aliphatic carbocycles. The molecule has 0 unspecified atom stereocenters. The standard InChI is InChI=1S/C7H3BrClFN4/c8-7-5(10)3-14(13-7)4-1-6(9)12-11-2-4/h1-3H. The molecule has 14 heavy (non-hydrogen) atoms. The highest BCUT2D eigenvalue weighted by Gasteiger charge is 2.07. The molecule has 0 spiro atoms. The third kappa shape index (κ3) is 1.76. The molecule has 2 aromatic heterocycles. The average molecular weight is 277 g/mol. The summed E-state index contributed by atoms with van der Waals surface area (Å²) in [7, 11) is 0. The average Bonchev–Trinajstić information content (AvgIpc) is 2.47. The van der Waals surface area contributed by atoms with E-state index < -0.39 is 5.82 Å². The van der Waals surface area contributed by atoms with E-state index in [0.29, 0.717) is 5.69 Å². The van der Waals surface area contributed by atoms with Crippen LogP contribution in [0.5, 0.6) is 0 Å². The largest absolute Gasteiger partial charge is 0.235 e. The molecule has 72 valence electrons. The fourth-order valence-corrected chi connectivity index (χ4v) is 1.35. The Morgan fingerprint density at radius 2 is 2.29 bits per heavy atom. The summed E-state index contributed by atoms with van der Waals surface area (Å²) >= 11 is 8.58. The van der Waals surface area contributed by atoms with E-state index in [1.807, 2.05) is 0 Å². The zero-order valence-electron chi connectivity index (χ0n) is 6.65. The molecule has 4 nitrogen and oxygen atoms in total. The van der Waals surface area contributed by atoms with E-state index in [1.165, 1.54) is 23.1 Å². The van der Waals surface area contributed by atoms with Crippen LogP contribution in [-0.4, -0.2) is 20.0 Å². The highest BCUT2D eigenvalue weighted by Crippen LogP contribution is 2.16. The summed E-state index contributed by atoms with van der Waals surface area (Å²) in [5.41, 5.74) is 0.551. The maximum absolute atomic E-state index is 12.9. The van der Waals surface area contributed by atoms with Gasteiger partial charge in [0.1, 0.15) is 0 Å². The van der Waals surface area contributed by atoms with E-state index in [-0.39, 0.29) is 9.76 Å². The van der Waals surface area contributed by atoms with Gasteiger partial charge >= 0.3 is 0 Å². The molecule has 0 N–H and O–H groups in total. The zero-order valence-corrected chi connectivity index (χ0v) is 9.00. The Labute approximate surface area is 91.8 Å². The van der Waals surface area contributed by atoms with Gasteiger partial charge in [-0.2, -0.15) is 10.2 Å². The van der Waals surface area contributed by atoms with Crippen molar-refractivity contribution in [2.75, 3.05) is 0 Å². The second kappa shape index (κ2) is 3.62. The van der Waals surface area contributed by atoms with E-state index in [4.69, 9.17) is 11.6 Å². The molecular formula is C7H3BrClFN4. The Morgan fingerprint density at radius 3 is 2.86 bits per heavy atom. The van der Waals surface area contributed by atoms with E-state index in [0.717, 1.165) is 0 Å². The molecule has 2 rings (SSSR count). The second-order valence-corrected chi connectivity index (χ2v) is 3.59. The third-order valence-corrected chi connectivity index (χ3v) is 2.23. The number of aromatic nitrogens is 4. The minimum absolute atomic E-state index is 0.144. The zero-order chi connectivity index (χ0) is 10.1. The lowest BCUT2D eigenvalue weighted by Crippen LogP contribution is -1.96. The summed E-state index contributed by atoms with van der Waals surface area (Å²) in [4.78, 5) is 0. The molecule has 0 atom stereocenters. The van der Waals surface area contributed by atoms with Crippen LogP contribution < -0.4 is 0 Å². The number of rotatable bonds is 1. The van der Waals surface area contributed by atoms with Crippen LogP contribution in [0.15, 0.2) is 23.1 Å². The van der Waals surface area contributed by atoms with Gasteiger partial charge in [0.2, 0.25) is 0 Å². The molecule has 0 aromatic carbocycles. The van der Waals surface area contributed by atoms with Crippen molar-refractivity contribution in [1.82, 2.24) is 20.0 Å². The van der Waals surface area contributed by atoms with Crippen molar-refractivity contribution in [2.45, 2.75) is 0 Å². The number of nitrogens with zero attached hydrogens (tertiary/aromatic N) is 4. The minimum Gasteiger partial charge on any atom is -0.235 e. The van der Waals surface area contributed by atoms with Gasteiger partial charge in [-0.05, 0) is 15.9 Å².